The lowest BCUT2D eigenvalue weighted by atomic mass is 9.99. The molecule has 5 heterocycles. The number of rotatable bonds is 15. The molecule has 2 aliphatic heterocycles. The van der Waals surface area contributed by atoms with Gasteiger partial charge in [0.05, 0.1) is 28.7 Å². The molecule has 5 aromatic rings. The maximum absolute atomic E-state index is 13.9. The third kappa shape index (κ3) is 8.08. The van der Waals surface area contributed by atoms with Crippen molar-refractivity contribution in [2.45, 2.75) is 57.4 Å². The van der Waals surface area contributed by atoms with Crippen molar-refractivity contribution < 1.29 is 41.9 Å². The second-order valence-electron chi connectivity index (χ2n) is 13.0. The van der Waals surface area contributed by atoms with Gasteiger partial charge < -0.3 is 14.5 Å². The predicted molar refractivity (Wildman–Crippen MR) is 191 cm³/mol. The Morgan fingerprint density at radius 1 is 0.964 bits per heavy atom. The normalized spacial score (nSPS) is 15.5. The molecule has 2 aliphatic rings. The monoisotopic (exact) mass is 751 g/mol. The van der Waals surface area contributed by atoms with Crippen LogP contribution in [0.4, 0.5) is 14.5 Å². The Balaban J connectivity index is 0.852. The quantitative estimate of drug-likeness (QED) is 0.103. The van der Waals surface area contributed by atoms with Crippen LogP contribution in [-0.2, 0) is 27.2 Å². The number of anilines is 1. The number of piperidine rings is 1. The van der Waals surface area contributed by atoms with E-state index in [2.05, 4.69) is 25.7 Å². The fraction of sp³-hybridized carbons (Fsp3) is 0.282. The Hall–Kier alpha value is -6.42. The lowest BCUT2D eigenvalue weighted by Gasteiger charge is -2.27. The van der Waals surface area contributed by atoms with Gasteiger partial charge in [-0.1, -0.05) is 24.3 Å². The molecule has 7 rings (SSSR count). The summed E-state index contributed by atoms with van der Waals surface area (Å²) in [5.41, 5.74) is 2.65. The summed E-state index contributed by atoms with van der Waals surface area (Å²) in [6.07, 6.45) is 6.34. The molecule has 0 spiro atoms. The Bertz CT molecular complexity index is 2240. The van der Waals surface area contributed by atoms with Crippen LogP contribution in [0.1, 0.15) is 86.6 Å². The number of alkyl halides is 2. The summed E-state index contributed by atoms with van der Waals surface area (Å²) in [7, 11) is 0. The number of aromatic nitrogens is 4. The average molecular weight is 752 g/mol. The lowest BCUT2D eigenvalue weighted by Crippen LogP contribution is -2.54. The molecule has 14 nitrogen and oxygen atoms in total. The van der Waals surface area contributed by atoms with E-state index < -0.39 is 47.7 Å². The van der Waals surface area contributed by atoms with Crippen molar-refractivity contribution in [3.63, 3.8) is 0 Å². The van der Waals surface area contributed by atoms with E-state index in [4.69, 9.17) is 9.15 Å². The van der Waals surface area contributed by atoms with Crippen LogP contribution >= 0.6 is 0 Å². The molecule has 0 aliphatic carbocycles. The number of imide groups is 2. The maximum atomic E-state index is 13.9. The summed E-state index contributed by atoms with van der Waals surface area (Å²) < 4.78 is 40.3. The van der Waals surface area contributed by atoms with Crippen molar-refractivity contribution in [1.29, 1.82) is 0 Å². The first-order chi connectivity index (χ1) is 26.7. The number of aryl methyl sites for hydroxylation is 2. The molecule has 0 radical (unpaired) electrons. The van der Waals surface area contributed by atoms with Gasteiger partial charge >= 0.3 is 0 Å². The van der Waals surface area contributed by atoms with Crippen molar-refractivity contribution in [3.8, 4) is 17.1 Å². The largest absolute Gasteiger partial charge is 0.444 e. The highest BCUT2D eigenvalue weighted by Gasteiger charge is 2.45. The van der Waals surface area contributed by atoms with E-state index in [0.29, 0.717) is 48.4 Å². The first kappa shape index (κ1) is 36.9. The first-order valence-corrected chi connectivity index (χ1v) is 17.7. The molecule has 16 heteroatoms. The molecule has 55 heavy (non-hydrogen) atoms. The van der Waals surface area contributed by atoms with Crippen molar-refractivity contribution >= 4 is 35.2 Å². The number of hydrogen-bond acceptors (Lipinski definition) is 10. The third-order valence-corrected chi connectivity index (χ3v) is 9.36. The minimum Gasteiger partial charge on any atom is -0.444 e. The Kier molecular flexibility index (Phi) is 10.9. The molecule has 1 unspecified atom stereocenters. The van der Waals surface area contributed by atoms with E-state index in [1.807, 2.05) is 12.1 Å². The molecule has 2 aromatic carbocycles. The van der Waals surface area contributed by atoms with Crippen LogP contribution in [0, 0.1) is 0 Å². The summed E-state index contributed by atoms with van der Waals surface area (Å²) >= 11 is 0. The third-order valence-electron chi connectivity index (χ3n) is 9.36. The maximum Gasteiger partial charge on any atom is 0.284 e. The van der Waals surface area contributed by atoms with Gasteiger partial charge in [0.1, 0.15) is 12.3 Å². The first-order valence-electron chi connectivity index (χ1n) is 17.7. The summed E-state index contributed by atoms with van der Waals surface area (Å²) in [6, 6.07) is 14.7. The topological polar surface area (TPSA) is 179 Å². The van der Waals surface area contributed by atoms with Crippen LogP contribution < -0.4 is 10.6 Å². The number of unbranched alkanes of at least 4 members (excludes halogenated alkanes) is 1. The molecule has 1 saturated heterocycles. The Morgan fingerprint density at radius 3 is 2.51 bits per heavy atom. The highest BCUT2D eigenvalue weighted by atomic mass is 19.3. The number of carbonyl (C=O) groups is 5. The number of ether oxygens (including phenoxy) is 1. The number of fused-ring (bicyclic) bond motifs is 1. The van der Waals surface area contributed by atoms with Crippen molar-refractivity contribution in [1.82, 2.24) is 30.0 Å². The number of nitrogens with zero attached hydrogens (tertiary/aromatic N) is 5. The molecular formula is C39H35F2N7O7. The Labute approximate surface area is 312 Å². The van der Waals surface area contributed by atoms with Crippen LogP contribution in [0.2, 0.25) is 0 Å². The van der Waals surface area contributed by atoms with E-state index in [-0.39, 0.29) is 35.7 Å². The van der Waals surface area contributed by atoms with E-state index in [1.165, 1.54) is 10.9 Å². The zero-order chi connectivity index (χ0) is 38.5. The molecule has 1 fully saturated rings. The van der Waals surface area contributed by atoms with Gasteiger partial charge in [-0.05, 0) is 80.0 Å². The van der Waals surface area contributed by atoms with Gasteiger partial charge in [-0.15, -0.1) is 0 Å². The molecule has 3 aromatic heterocycles. The van der Waals surface area contributed by atoms with Crippen molar-refractivity contribution in [3.05, 3.63) is 113 Å². The summed E-state index contributed by atoms with van der Waals surface area (Å²) in [4.78, 5) is 72.2. The van der Waals surface area contributed by atoms with Gasteiger partial charge in [0.15, 0.2) is 11.4 Å². The van der Waals surface area contributed by atoms with Gasteiger partial charge in [-0.25, -0.2) is 18.4 Å². The molecule has 1 atom stereocenters. The standard InChI is InChI=1S/C39H35F2N7O7/c40-34(41)33-28(43-35(50)29-22-55-37(44-29)25-15-17-42-18-16-25)21-47(46-33)26-11-9-23(10-12-26)5-1-2-19-54-20-4-7-24-6-3-8-27-32(24)39(53)48(38(27)52)30-13-14-31(49)45-36(30)51/h3,6,8-12,15-18,21-22,30,34H,1-2,4-5,7,13-14,19-20H2,(H,43,50)(H,45,49,51). The number of halogens is 2. The smallest absolute Gasteiger partial charge is 0.284 e. The summed E-state index contributed by atoms with van der Waals surface area (Å²) in [5, 5.41) is 8.69. The summed E-state index contributed by atoms with van der Waals surface area (Å²) in [6.45, 7) is 0.985. The number of benzene rings is 2. The minimum absolute atomic E-state index is 0.0614. The van der Waals surface area contributed by atoms with E-state index in [0.717, 1.165) is 36.0 Å². The fourth-order valence-corrected chi connectivity index (χ4v) is 6.58. The second kappa shape index (κ2) is 16.3. The number of amides is 5. The van der Waals surface area contributed by atoms with E-state index >= 15 is 0 Å². The van der Waals surface area contributed by atoms with Gasteiger partial charge in [0.2, 0.25) is 17.7 Å². The SMILES string of the molecule is O=C1CCC(N2C(=O)c3cccc(CCCOCCCCc4ccc(-n5cc(NC(=O)c6coc(-c7ccncc7)n6)c(C(F)F)n5)cc4)c3C2=O)C(=O)N1. The molecule has 2 N–H and O–H groups in total. The van der Waals surface area contributed by atoms with Crippen LogP contribution in [0.3, 0.4) is 0 Å². The highest BCUT2D eigenvalue weighted by Crippen LogP contribution is 2.31. The van der Waals surface area contributed by atoms with Gasteiger partial charge in [0.25, 0.3) is 24.1 Å². The van der Waals surface area contributed by atoms with Crippen molar-refractivity contribution in [2.75, 3.05) is 18.5 Å². The molecule has 0 bridgehead atoms. The van der Waals surface area contributed by atoms with Gasteiger partial charge in [-0.2, -0.15) is 5.10 Å². The number of nitrogens with one attached hydrogen (secondary N) is 2. The average Bonchev–Trinajstić information content (AvgIpc) is 3.91. The second-order valence-corrected chi connectivity index (χ2v) is 13.0. The van der Waals surface area contributed by atoms with E-state index in [9.17, 15) is 32.8 Å². The molecule has 5 amide bonds. The minimum atomic E-state index is -2.94. The molecule has 0 saturated carbocycles. The number of pyridine rings is 1. The van der Waals surface area contributed by atoms with E-state index in [1.54, 1.807) is 54.9 Å². The number of carbonyl (C=O) groups excluding carboxylic acids is 5. The fourth-order valence-electron chi connectivity index (χ4n) is 6.58. The van der Waals surface area contributed by atoms with Crippen LogP contribution in [0.15, 0.2) is 83.9 Å². The van der Waals surface area contributed by atoms with Gasteiger partial charge in [0, 0.05) is 37.6 Å². The number of oxazole rings is 1. The zero-order valence-electron chi connectivity index (χ0n) is 29.4. The van der Waals surface area contributed by atoms with Crippen LogP contribution in [-0.4, -0.2) is 73.4 Å². The summed E-state index contributed by atoms with van der Waals surface area (Å²) in [5.74, 6) is -2.64. The van der Waals surface area contributed by atoms with Crippen LogP contribution in [0.5, 0.6) is 0 Å². The number of hydrogen-bond donors (Lipinski definition) is 2. The highest BCUT2D eigenvalue weighted by molar-refractivity contribution is 6.24. The van der Waals surface area contributed by atoms with Gasteiger partial charge in [-0.3, -0.25) is 39.2 Å². The zero-order valence-corrected chi connectivity index (χ0v) is 29.4. The Morgan fingerprint density at radius 2 is 1.75 bits per heavy atom. The molecular weight excluding hydrogens is 716 g/mol. The van der Waals surface area contributed by atoms with Crippen LogP contribution in [0.25, 0.3) is 17.1 Å². The lowest BCUT2D eigenvalue weighted by molar-refractivity contribution is -0.136. The van der Waals surface area contributed by atoms with Crippen molar-refractivity contribution in [2.24, 2.45) is 0 Å². The predicted octanol–water partition coefficient (Wildman–Crippen LogP) is 5.49. The molecule has 282 valence electrons.